The molecular formula is C17H13BrN2OS. The van der Waals surface area contributed by atoms with E-state index in [4.69, 9.17) is 0 Å². The van der Waals surface area contributed by atoms with Crippen molar-refractivity contribution in [1.29, 1.82) is 0 Å². The minimum absolute atomic E-state index is 0.182. The van der Waals surface area contributed by atoms with Gasteiger partial charge < -0.3 is 0 Å². The third-order valence-corrected chi connectivity index (χ3v) is 4.53. The molecule has 0 saturated heterocycles. The van der Waals surface area contributed by atoms with Gasteiger partial charge in [0, 0.05) is 10.5 Å². The summed E-state index contributed by atoms with van der Waals surface area (Å²) in [5.74, 6) is -0.182. The van der Waals surface area contributed by atoms with Crippen LogP contribution in [0.2, 0.25) is 0 Å². The second-order valence-corrected chi connectivity index (χ2v) is 6.81. The topological polar surface area (TPSA) is 42.0 Å². The van der Waals surface area contributed by atoms with Gasteiger partial charge in [-0.05, 0) is 48.4 Å². The van der Waals surface area contributed by atoms with Gasteiger partial charge in [-0.1, -0.05) is 45.5 Å². The smallest absolute Gasteiger partial charge is 0.250 e. The van der Waals surface area contributed by atoms with E-state index in [-0.39, 0.29) is 5.91 Å². The van der Waals surface area contributed by atoms with Gasteiger partial charge in [0.15, 0.2) is 5.13 Å². The van der Waals surface area contributed by atoms with Crippen molar-refractivity contribution < 1.29 is 4.79 Å². The molecule has 110 valence electrons. The molecule has 0 saturated carbocycles. The quantitative estimate of drug-likeness (QED) is 0.655. The van der Waals surface area contributed by atoms with Crippen LogP contribution < -0.4 is 5.32 Å². The van der Waals surface area contributed by atoms with Gasteiger partial charge in [-0.3, -0.25) is 10.1 Å². The Balaban J connectivity index is 1.71. The van der Waals surface area contributed by atoms with Crippen molar-refractivity contribution in [2.24, 2.45) is 0 Å². The Kier molecular flexibility index (Phi) is 4.36. The van der Waals surface area contributed by atoms with Crippen molar-refractivity contribution in [3.63, 3.8) is 0 Å². The largest absolute Gasteiger partial charge is 0.298 e. The molecule has 0 bridgehead atoms. The summed E-state index contributed by atoms with van der Waals surface area (Å²) in [5, 5.41) is 3.42. The van der Waals surface area contributed by atoms with E-state index in [1.54, 1.807) is 6.08 Å². The van der Waals surface area contributed by atoms with E-state index in [0.29, 0.717) is 5.13 Å². The van der Waals surface area contributed by atoms with Crippen molar-refractivity contribution >= 4 is 54.6 Å². The zero-order valence-electron chi connectivity index (χ0n) is 11.8. The van der Waals surface area contributed by atoms with Gasteiger partial charge in [-0.2, -0.15) is 0 Å². The van der Waals surface area contributed by atoms with E-state index < -0.39 is 0 Å². The number of anilines is 1. The van der Waals surface area contributed by atoms with Crippen LogP contribution >= 0.6 is 27.3 Å². The van der Waals surface area contributed by atoms with E-state index in [1.165, 1.54) is 23.0 Å². The first kappa shape index (κ1) is 14.9. The molecule has 1 aromatic heterocycles. The predicted molar refractivity (Wildman–Crippen MR) is 96.2 cm³/mol. The number of rotatable bonds is 3. The van der Waals surface area contributed by atoms with Gasteiger partial charge in [-0.15, -0.1) is 0 Å². The summed E-state index contributed by atoms with van der Waals surface area (Å²) in [6.07, 6.45) is 3.29. The first-order valence-electron chi connectivity index (χ1n) is 6.72. The molecule has 3 nitrogen and oxygen atoms in total. The molecule has 1 heterocycles. The summed E-state index contributed by atoms with van der Waals surface area (Å²) in [4.78, 5) is 16.4. The fourth-order valence-electron chi connectivity index (χ4n) is 1.98. The number of fused-ring (bicyclic) bond motifs is 1. The molecule has 5 heteroatoms. The normalized spacial score (nSPS) is 11.2. The van der Waals surface area contributed by atoms with Crippen LogP contribution in [0.15, 0.2) is 53.0 Å². The number of carbonyl (C=O) groups is 1. The van der Waals surface area contributed by atoms with Gasteiger partial charge >= 0.3 is 0 Å². The lowest BCUT2D eigenvalue weighted by atomic mass is 10.2. The number of aryl methyl sites for hydroxylation is 1. The predicted octanol–water partition coefficient (Wildman–Crippen LogP) is 5.02. The summed E-state index contributed by atoms with van der Waals surface area (Å²) in [6.45, 7) is 2.04. The van der Waals surface area contributed by atoms with Crippen molar-refractivity contribution in [1.82, 2.24) is 4.98 Å². The second kappa shape index (κ2) is 6.42. The number of amides is 1. The highest BCUT2D eigenvalue weighted by Crippen LogP contribution is 2.26. The molecule has 0 radical (unpaired) electrons. The molecule has 3 aromatic rings. The molecule has 0 atom stereocenters. The number of hydrogen-bond donors (Lipinski definition) is 1. The van der Waals surface area contributed by atoms with Gasteiger partial charge in [0.1, 0.15) is 0 Å². The number of thiazole rings is 1. The lowest BCUT2D eigenvalue weighted by Gasteiger charge is -1.96. The maximum Gasteiger partial charge on any atom is 0.250 e. The van der Waals surface area contributed by atoms with Crippen molar-refractivity contribution in [3.8, 4) is 0 Å². The first-order valence-corrected chi connectivity index (χ1v) is 8.33. The summed E-state index contributed by atoms with van der Waals surface area (Å²) in [6, 6.07) is 13.8. The molecule has 22 heavy (non-hydrogen) atoms. The molecule has 0 unspecified atom stereocenters. The van der Waals surface area contributed by atoms with E-state index in [0.717, 1.165) is 20.3 Å². The van der Waals surface area contributed by atoms with Crippen molar-refractivity contribution in [3.05, 3.63) is 64.1 Å². The Morgan fingerprint density at radius 1 is 1.23 bits per heavy atom. The number of nitrogens with one attached hydrogen (secondary N) is 1. The molecule has 0 fully saturated rings. The average Bonchev–Trinajstić information content (AvgIpc) is 2.88. The minimum atomic E-state index is -0.182. The third kappa shape index (κ3) is 3.61. The van der Waals surface area contributed by atoms with Crippen molar-refractivity contribution in [2.45, 2.75) is 6.92 Å². The Morgan fingerprint density at radius 3 is 2.77 bits per heavy atom. The Hall–Kier alpha value is -1.98. The highest BCUT2D eigenvalue weighted by molar-refractivity contribution is 9.10. The highest BCUT2D eigenvalue weighted by atomic mass is 79.9. The van der Waals surface area contributed by atoms with Crippen LogP contribution in [0, 0.1) is 6.92 Å². The lowest BCUT2D eigenvalue weighted by Crippen LogP contribution is -2.07. The molecule has 0 aliphatic rings. The maximum absolute atomic E-state index is 12.0. The van der Waals surface area contributed by atoms with Crippen LogP contribution in [0.25, 0.3) is 16.3 Å². The van der Waals surface area contributed by atoms with Gasteiger partial charge in [0.05, 0.1) is 10.2 Å². The van der Waals surface area contributed by atoms with E-state index in [2.05, 4.69) is 32.3 Å². The molecule has 1 N–H and O–H groups in total. The van der Waals surface area contributed by atoms with Crippen LogP contribution in [0.1, 0.15) is 11.1 Å². The number of nitrogens with zero attached hydrogens (tertiary/aromatic N) is 1. The number of aromatic nitrogens is 1. The maximum atomic E-state index is 12.0. The monoisotopic (exact) mass is 372 g/mol. The minimum Gasteiger partial charge on any atom is -0.298 e. The molecule has 0 spiro atoms. The Bertz CT molecular complexity index is 853. The number of carbonyl (C=O) groups excluding carboxylic acids is 1. The fourth-order valence-corrected chi connectivity index (χ4v) is 3.21. The lowest BCUT2D eigenvalue weighted by molar-refractivity contribution is -0.111. The Morgan fingerprint density at radius 2 is 2.00 bits per heavy atom. The first-order chi connectivity index (χ1) is 10.6. The summed E-state index contributed by atoms with van der Waals surface area (Å²) < 4.78 is 2.09. The van der Waals surface area contributed by atoms with E-state index in [1.807, 2.05) is 43.3 Å². The molecule has 0 aliphatic carbocycles. The van der Waals surface area contributed by atoms with Gasteiger partial charge in [0.25, 0.3) is 0 Å². The molecule has 1 amide bonds. The number of benzene rings is 2. The summed E-state index contributed by atoms with van der Waals surface area (Å²) >= 11 is 4.86. The van der Waals surface area contributed by atoms with Crippen molar-refractivity contribution in [2.75, 3.05) is 5.32 Å². The molecular weight excluding hydrogens is 360 g/mol. The van der Waals surface area contributed by atoms with Crippen LogP contribution in [0.5, 0.6) is 0 Å². The third-order valence-electron chi connectivity index (χ3n) is 3.07. The summed E-state index contributed by atoms with van der Waals surface area (Å²) in [5.41, 5.74) is 3.06. The SMILES string of the molecule is Cc1ccc2nc(NC(=O)/C=C/c3ccc(Br)cc3)sc2c1. The molecule has 0 aliphatic heterocycles. The second-order valence-electron chi connectivity index (χ2n) is 4.86. The van der Waals surface area contributed by atoms with Crippen LogP contribution in [-0.4, -0.2) is 10.9 Å². The highest BCUT2D eigenvalue weighted by Gasteiger charge is 2.05. The van der Waals surface area contributed by atoms with Crippen LogP contribution in [0.3, 0.4) is 0 Å². The number of halogens is 1. The van der Waals surface area contributed by atoms with Gasteiger partial charge in [0.2, 0.25) is 5.91 Å². The molecule has 3 rings (SSSR count). The zero-order chi connectivity index (χ0) is 15.5. The summed E-state index contributed by atoms with van der Waals surface area (Å²) in [7, 11) is 0. The van der Waals surface area contributed by atoms with E-state index >= 15 is 0 Å². The number of hydrogen-bond acceptors (Lipinski definition) is 3. The van der Waals surface area contributed by atoms with Crippen LogP contribution in [-0.2, 0) is 4.79 Å². The van der Waals surface area contributed by atoms with Gasteiger partial charge in [-0.25, -0.2) is 4.98 Å². The average molecular weight is 373 g/mol. The van der Waals surface area contributed by atoms with E-state index in [9.17, 15) is 4.79 Å². The molecule has 2 aromatic carbocycles. The fraction of sp³-hybridized carbons (Fsp3) is 0.0588. The van der Waals surface area contributed by atoms with Crippen LogP contribution in [0.4, 0.5) is 5.13 Å². The zero-order valence-corrected chi connectivity index (χ0v) is 14.2. The standard InChI is InChI=1S/C17H13BrN2OS/c1-11-2-8-14-15(10-11)22-17(19-14)20-16(21)9-5-12-3-6-13(18)7-4-12/h2-10H,1H3,(H,19,20,21)/b9-5+. The Labute approximate surface area is 140 Å².